The number of aromatic nitrogens is 4. The standard InChI is InChI=1S/C12H15ClN6OS/c13-12-15-4-9(21-12)6-18-3-1-2-8(5-18)19-7-16-11(17-19)10(14)20/h4,7-8H,1-3,5-6H2,(H2,14,20). The predicted molar refractivity (Wildman–Crippen MR) is 79.2 cm³/mol. The maximum absolute atomic E-state index is 11.1. The van der Waals surface area contributed by atoms with Gasteiger partial charge in [0.1, 0.15) is 6.33 Å². The fourth-order valence-electron chi connectivity index (χ4n) is 2.53. The zero-order valence-electron chi connectivity index (χ0n) is 11.3. The molecule has 0 aliphatic carbocycles. The molecule has 1 aliphatic heterocycles. The number of primary amides is 1. The van der Waals surface area contributed by atoms with E-state index in [9.17, 15) is 4.79 Å². The summed E-state index contributed by atoms with van der Waals surface area (Å²) in [4.78, 5) is 22.5. The second kappa shape index (κ2) is 6.08. The summed E-state index contributed by atoms with van der Waals surface area (Å²) in [5, 5.41) is 4.15. The van der Waals surface area contributed by atoms with Crippen molar-refractivity contribution in [1.29, 1.82) is 0 Å². The van der Waals surface area contributed by atoms with Crippen molar-refractivity contribution in [1.82, 2.24) is 24.6 Å². The van der Waals surface area contributed by atoms with Crippen LogP contribution in [-0.4, -0.2) is 43.6 Å². The Morgan fingerprint density at radius 3 is 3.05 bits per heavy atom. The first kappa shape index (κ1) is 14.4. The third kappa shape index (κ3) is 3.39. The molecule has 3 rings (SSSR count). The van der Waals surface area contributed by atoms with Gasteiger partial charge in [-0.05, 0) is 19.4 Å². The van der Waals surface area contributed by atoms with Crippen molar-refractivity contribution >= 4 is 28.8 Å². The van der Waals surface area contributed by atoms with E-state index < -0.39 is 5.91 Å². The summed E-state index contributed by atoms with van der Waals surface area (Å²) in [5.74, 6) is -0.526. The lowest BCUT2D eigenvalue weighted by atomic mass is 10.1. The van der Waals surface area contributed by atoms with E-state index in [1.54, 1.807) is 11.0 Å². The molecule has 1 saturated heterocycles. The highest BCUT2D eigenvalue weighted by molar-refractivity contribution is 7.15. The van der Waals surface area contributed by atoms with Gasteiger partial charge < -0.3 is 5.73 Å². The molecule has 1 atom stereocenters. The summed E-state index contributed by atoms with van der Waals surface area (Å²) in [6, 6.07) is 0.211. The van der Waals surface area contributed by atoms with E-state index in [1.807, 2.05) is 6.20 Å². The molecule has 1 unspecified atom stereocenters. The van der Waals surface area contributed by atoms with Crippen LogP contribution < -0.4 is 5.73 Å². The van der Waals surface area contributed by atoms with Crippen LogP contribution in [0.5, 0.6) is 0 Å². The number of carbonyl (C=O) groups is 1. The van der Waals surface area contributed by atoms with E-state index in [0.29, 0.717) is 4.47 Å². The zero-order chi connectivity index (χ0) is 14.8. The van der Waals surface area contributed by atoms with E-state index in [0.717, 1.165) is 37.4 Å². The molecular weight excluding hydrogens is 312 g/mol. The minimum Gasteiger partial charge on any atom is -0.363 e. The number of rotatable bonds is 4. The number of amides is 1. The Labute approximate surface area is 130 Å². The Balaban J connectivity index is 1.66. The number of carbonyl (C=O) groups excluding carboxylic acids is 1. The maximum atomic E-state index is 11.1. The molecule has 21 heavy (non-hydrogen) atoms. The molecule has 7 nitrogen and oxygen atoms in total. The van der Waals surface area contributed by atoms with Crippen LogP contribution in [0.4, 0.5) is 0 Å². The highest BCUT2D eigenvalue weighted by Gasteiger charge is 2.23. The number of piperidine rings is 1. The zero-order valence-corrected chi connectivity index (χ0v) is 12.8. The molecular formula is C12H15ClN6OS. The molecule has 1 aliphatic rings. The molecule has 3 heterocycles. The first-order chi connectivity index (χ1) is 10.1. The summed E-state index contributed by atoms with van der Waals surface area (Å²) < 4.78 is 2.31. The van der Waals surface area contributed by atoms with Crippen molar-refractivity contribution in [2.45, 2.75) is 25.4 Å². The number of likely N-dealkylation sites (tertiary alicyclic amines) is 1. The number of hydrogen-bond donors (Lipinski definition) is 1. The van der Waals surface area contributed by atoms with Gasteiger partial charge in [-0.25, -0.2) is 14.6 Å². The van der Waals surface area contributed by atoms with Crippen LogP contribution >= 0.6 is 22.9 Å². The Morgan fingerprint density at radius 1 is 1.52 bits per heavy atom. The molecule has 2 N–H and O–H groups in total. The molecule has 1 fully saturated rings. The number of nitrogens with zero attached hydrogens (tertiary/aromatic N) is 5. The quantitative estimate of drug-likeness (QED) is 0.915. The number of hydrogen-bond acceptors (Lipinski definition) is 6. The van der Waals surface area contributed by atoms with Gasteiger partial charge in [0.15, 0.2) is 4.47 Å². The molecule has 2 aromatic heterocycles. The van der Waals surface area contributed by atoms with Crippen LogP contribution in [0.15, 0.2) is 12.5 Å². The van der Waals surface area contributed by atoms with Gasteiger partial charge in [0.05, 0.1) is 6.04 Å². The average Bonchev–Trinajstić information content (AvgIpc) is 3.08. The van der Waals surface area contributed by atoms with Crippen LogP contribution in [-0.2, 0) is 6.54 Å². The smallest absolute Gasteiger partial charge is 0.288 e. The first-order valence-electron chi connectivity index (χ1n) is 6.65. The Kier molecular flexibility index (Phi) is 4.18. The van der Waals surface area contributed by atoms with Crippen LogP contribution in [0.1, 0.15) is 34.4 Å². The lowest BCUT2D eigenvalue weighted by Crippen LogP contribution is -2.36. The third-order valence-corrected chi connectivity index (χ3v) is 4.59. The summed E-state index contributed by atoms with van der Waals surface area (Å²) in [6.07, 6.45) is 5.49. The van der Waals surface area contributed by atoms with Gasteiger partial charge >= 0.3 is 0 Å². The molecule has 0 radical (unpaired) electrons. The van der Waals surface area contributed by atoms with Gasteiger partial charge in [0.2, 0.25) is 5.82 Å². The van der Waals surface area contributed by atoms with E-state index in [-0.39, 0.29) is 11.9 Å². The summed E-state index contributed by atoms with van der Waals surface area (Å²) in [5.41, 5.74) is 5.18. The Hall–Kier alpha value is -1.51. The van der Waals surface area contributed by atoms with E-state index in [4.69, 9.17) is 17.3 Å². The fraction of sp³-hybridized carbons (Fsp3) is 0.500. The van der Waals surface area contributed by atoms with Crippen LogP contribution in [0.25, 0.3) is 0 Å². The van der Waals surface area contributed by atoms with Gasteiger partial charge in [-0.1, -0.05) is 11.6 Å². The normalized spacial score (nSPS) is 19.8. The molecule has 2 aromatic rings. The summed E-state index contributed by atoms with van der Waals surface area (Å²) in [7, 11) is 0. The minimum atomic E-state index is -0.597. The molecule has 0 aromatic carbocycles. The Bertz CT molecular complexity index is 641. The van der Waals surface area contributed by atoms with Crippen LogP contribution in [0, 0.1) is 0 Å². The summed E-state index contributed by atoms with van der Waals surface area (Å²) in [6.45, 7) is 2.72. The second-order valence-corrected chi connectivity index (χ2v) is 6.72. The van der Waals surface area contributed by atoms with Crippen LogP contribution in [0.3, 0.4) is 0 Å². The van der Waals surface area contributed by atoms with Crippen LogP contribution in [0.2, 0.25) is 4.47 Å². The van der Waals surface area contributed by atoms with Crippen molar-refractivity contribution < 1.29 is 4.79 Å². The van der Waals surface area contributed by atoms with Crippen molar-refractivity contribution in [2.75, 3.05) is 13.1 Å². The Morgan fingerprint density at radius 2 is 2.38 bits per heavy atom. The second-order valence-electron chi connectivity index (χ2n) is 5.02. The lowest BCUT2D eigenvalue weighted by Gasteiger charge is -2.32. The average molecular weight is 327 g/mol. The molecule has 112 valence electrons. The topological polar surface area (TPSA) is 89.9 Å². The molecule has 0 bridgehead atoms. The van der Waals surface area contributed by atoms with E-state index in [2.05, 4.69) is 20.0 Å². The van der Waals surface area contributed by atoms with Gasteiger partial charge in [-0.2, -0.15) is 0 Å². The lowest BCUT2D eigenvalue weighted by molar-refractivity contribution is 0.0989. The predicted octanol–water partition coefficient (Wildman–Crippen LogP) is 1.32. The highest BCUT2D eigenvalue weighted by atomic mass is 35.5. The highest BCUT2D eigenvalue weighted by Crippen LogP contribution is 2.24. The minimum absolute atomic E-state index is 0.0707. The van der Waals surface area contributed by atoms with E-state index >= 15 is 0 Å². The molecule has 1 amide bonds. The molecule has 0 saturated carbocycles. The first-order valence-corrected chi connectivity index (χ1v) is 7.85. The molecule has 0 spiro atoms. The SMILES string of the molecule is NC(=O)c1ncn(C2CCCN(Cc3cnc(Cl)s3)C2)n1. The van der Waals surface area contributed by atoms with Crippen molar-refractivity contribution in [3.63, 3.8) is 0 Å². The third-order valence-electron chi connectivity index (χ3n) is 3.49. The van der Waals surface area contributed by atoms with Gasteiger partial charge in [-0.3, -0.25) is 9.69 Å². The van der Waals surface area contributed by atoms with Crippen molar-refractivity contribution in [2.24, 2.45) is 5.73 Å². The van der Waals surface area contributed by atoms with Gasteiger partial charge in [0, 0.05) is 24.2 Å². The maximum Gasteiger partial charge on any atom is 0.288 e. The fourth-order valence-corrected chi connectivity index (χ4v) is 3.55. The van der Waals surface area contributed by atoms with Gasteiger partial charge in [-0.15, -0.1) is 16.4 Å². The van der Waals surface area contributed by atoms with E-state index in [1.165, 1.54) is 11.3 Å². The number of nitrogens with two attached hydrogens (primary N) is 1. The number of halogens is 1. The van der Waals surface area contributed by atoms with Gasteiger partial charge in [0.25, 0.3) is 5.91 Å². The van der Waals surface area contributed by atoms with Crippen molar-refractivity contribution in [3.8, 4) is 0 Å². The number of thiazole rings is 1. The monoisotopic (exact) mass is 326 g/mol. The largest absolute Gasteiger partial charge is 0.363 e. The van der Waals surface area contributed by atoms with Crippen molar-refractivity contribution in [3.05, 3.63) is 27.7 Å². The molecule has 9 heteroatoms. The summed E-state index contributed by atoms with van der Waals surface area (Å²) >= 11 is 7.36.